The van der Waals surface area contributed by atoms with Gasteiger partial charge in [0.05, 0.1) is 49.4 Å². The number of amides is 1. The lowest BCUT2D eigenvalue weighted by atomic mass is 9.93. The summed E-state index contributed by atoms with van der Waals surface area (Å²) in [4.78, 5) is 31.5. The van der Waals surface area contributed by atoms with Crippen LogP contribution in [0.5, 0.6) is 0 Å². The van der Waals surface area contributed by atoms with Crippen LogP contribution in [0.1, 0.15) is 62.3 Å². The zero-order valence-corrected chi connectivity index (χ0v) is 28.3. The van der Waals surface area contributed by atoms with E-state index in [4.69, 9.17) is 19.5 Å². The molecule has 1 fully saturated rings. The Labute approximate surface area is 283 Å². The van der Waals surface area contributed by atoms with E-state index < -0.39 is 57.1 Å². The summed E-state index contributed by atoms with van der Waals surface area (Å²) in [5.74, 6) is -2.34. The number of aromatic nitrogens is 6. The Balaban J connectivity index is 1.30. The maximum Gasteiger partial charge on any atom is 0.474 e. The van der Waals surface area contributed by atoms with Crippen LogP contribution in [-0.4, -0.2) is 88.6 Å². The topological polar surface area (TPSA) is 222 Å². The molecule has 0 bridgehead atoms. The number of nitrogens with zero attached hydrogens (tertiary/aromatic N) is 6. The van der Waals surface area contributed by atoms with Crippen LogP contribution in [0.25, 0.3) is 22.0 Å². The number of ether oxygens (including phenoxy) is 1. The van der Waals surface area contributed by atoms with Gasteiger partial charge in [-0.15, -0.1) is 11.3 Å². The molecule has 2 unspecified atom stereocenters. The number of pyridine rings is 1. The van der Waals surface area contributed by atoms with Gasteiger partial charge in [-0.25, -0.2) is 23.6 Å². The number of halogens is 2. The van der Waals surface area contributed by atoms with Gasteiger partial charge in [0.2, 0.25) is 5.95 Å². The van der Waals surface area contributed by atoms with Gasteiger partial charge in [0.1, 0.15) is 22.1 Å². The van der Waals surface area contributed by atoms with Gasteiger partial charge >= 0.3 is 7.82 Å². The number of phosphoric ester groups is 1. The fourth-order valence-electron chi connectivity index (χ4n) is 5.11. The first-order chi connectivity index (χ1) is 23.3. The molecule has 4 aromatic rings. The van der Waals surface area contributed by atoms with Crippen molar-refractivity contribution < 1.29 is 47.0 Å². The molecular formula is C29H37F2N8O8PS. The Morgan fingerprint density at radius 3 is 2.61 bits per heavy atom. The summed E-state index contributed by atoms with van der Waals surface area (Å²) < 4.78 is 59.9. The van der Waals surface area contributed by atoms with Crippen molar-refractivity contribution in [1.29, 1.82) is 0 Å². The van der Waals surface area contributed by atoms with Crippen molar-refractivity contribution in [1.82, 2.24) is 29.5 Å². The van der Waals surface area contributed by atoms with Crippen molar-refractivity contribution in [2.45, 2.75) is 63.4 Å². The molecule has 0 spiro atoms. The van der Waals surface area contributed by atoms with E-state index in [9.17, 15) is 33.2 Å². The van der Waals surface area contributed by atoms with Crippen LogP contribution in [0.15, 0.2) is 36.1 Å². The van der Waals surface area contributed by atoms with E-state index in [-0.39, 0.29) is 34.9 Å². The molecule has 4 heterocycles. The van der Waals surface area contributed by atoms with Crippen molar-refractivity contribution in [3.8, 4) is 22.0 Å². The molecule has 1 aliphatic carbocycles. The number of anilines is 1. The summed E-state index contributed by atoms with van der Waals surface area (Å²) in [6, 6.07) is 1.79. The highest BCUT2D eigenvalue weighted by Gasteiger charge is 2.32. The summed E-state index contributed by atoms with van der Waals surface area (Å²) in [5, 5.41) is 31.8. The number of hydrogen-bond acceptors (Lipinski definition) is 13. The Morgan fingerprint density at radius 2 is 1.92 bits per heavy atom. The van der Waals surface area contributed by atoms with Crippen LogP contribution in [0, 0.1) is 11.8 Å². The molecule has 20 heteroatoms. The van der Waals surface area contributed by atoms with E-state index in [0.29, 0.717) is 17.2 Å². The monoisotopic (exact) mass is 726 g/mol. The van der Waals surface area contributed by atoms with E-state index >= 15 is 0 Å². The molecule has 6 N–H and O–H groups in total. The zero-order valence-electron chi connectivity index (χ0n) is 26.6. The zero-order chi connectivity index (χ0) is 35.3. The Hall–Kier alpha value is -3.52. The number of carbonyl (C=O) groups excluding carboxylic acids is 1. The van der Waals surface area contributed by atoms with Gasteiger partial charge in [0, 0.05) is 29.9 Å². The second kappa shape index (κ2) is 15.6. The fourth-order valence-corrected chi connectivity index (χ4v) is 6.85. The average molecular weight is 727 g/mol. The molecule has 0 saturated heterocycles. The Morgan fingerprint density at radius 1 is 1.18 bits per heavy atom. The molecule has 1 saturated carbocycles. The summed E-state index contributed by atoms with van der Waals surface area (Å²) in [7, 11) is -4.68. The quantitative estimate of drug-likeness (QED) is 0.0873. The van der Waals surface area contributed by atoms with E-state index in [0.717, 1.165) is 49.2 Å². The maximum atomic E-state index is 14.8. The highest BCUT2D eigenvalue weighted by atomic mass is 32.1. The third-order valence-corrected chi connectivity index (χ3v) is 9.74. The Kier molecular flexibility index (Phi) is 11.7. The van der Waals surface area contributed by atoms with Crippen molar-refractivity contribution in [3.05, 3.63) is 53.6 Å². The van der Waals surface area contributed by atoms with Gasteiger partial charge in [0.15, 0.2) is 12.0 Å². The predicted octanol–water partition coefficient (Wildman–Crippen LogP) is 3.65. The lowest BCUT2D eigenvalue weighted by Crippen LogP contribution is -2.51. The van der Waals surface area contributed by atoms with Gasteiger partial charge < -0.3 is 30.9 Å². The highest BCUT2D eigenvalue weighted by molar-refractivity contribution is 7.47. The number of rotatable bonds is 15. The van der Waals surface area contributed by atoms with Gasteiger partial charge in [0.25, 0.3) is 5.91 Å². The second-order valence-electron chi connectivity index (χ2n) is 11.5. The molecule has 1 amide bonds. The van der Waals surface area contributed by atoms with Crippen LogP contribution in [0.4, 0.5) is 14.5 Å². The number of carbonyl (C=O) groups is 1. The highest BCUT2D eigenvalue weighted by Crippen LogP contribution is 2.47. The molecule has 16 nitrogen and oxygen atoms in total. The van der Waals surface area contributed by atoms with E-state index in [1.165, 1.54) is 29.4 Å². The number of hydrogen-bond donors (Lipinski definition) is 5. The average Bonchev–Trinajstić information content (AvgIpc) is 3.86. The lowest BCUT2D eigenvalue weighted by Gasteiger charge is -2.28. The minimum Gasteiger partial charge on any atom is -0.394 e. The summed E-state index contributed by atoms with van der Waals surface area (Å²) in [5.41, 5.74) is 4.25. The number of thiazole rings is 1. The van der Waals surface area contributed by atoms with Crippen molar-refractivity contribution in [2.75, 3.05) is 31.7 Å². The first-order valence-corrected chi connectivity index (χ1v) is 17.7. The number of aliphatic hydroxyl groups excluding tert-OH is 2. The summed E-state index contributed by atoms with van der Waals surface area (Å²) in [6.07, 6.45) is 6.61. The van der Waals surface area contributed by atoms with Crippen molar-refractivity contribution in [3.63, 3.8) is 0 Å². The normalized spacial score (nSPS) is 18.7. The molecule has 266 valence electrons. The number of nitrogens with one attached hydrogen (secondary N) is 1. The second-order valence-corrected chi connectivity index (χ2v) is 13.8. The summed E-state index contributed by atoms with van der Waals surface area (Å²) in [6.45, 7) is 1.95. The van der Waals surface area contributed by atoms with Crippen LogP contribution >= 0.6 is 19.2 Å². The van der Waals surface area contributed by atoms with E-state index in [1.54, 1.807) is 10.9 Å². The van der Waals surface area contributed by atoms with Crippen LogP contribution < -0.4 is 11.1 Å². The van der Waals surface area contributed by atoms with E-state index in [1.807, 2.05) is 6.92 Å². The number of aliphatic hydroxyl groups is 2. The third kappa shape index (κ3) is 8.99. The van der Waals surface area contributed by atoms with Gasteiger partial charge in [-0.05, 0) is 51.7 Å². The van der Waals surface area contributed by atoms with Gasteiger partial charge in [-0.1, -0.05) is 0 Å². The number of phosphoric acid groups is 1. The first kappa shape index (κ1) is 36.8. The minimum absolute atomic E-state index is 0.0203. The molecule has 2 atom stereocenters. The summed E-state index contributed by atoms with van der Waals surface area (Å²) >= 11 is 1.12. The first-order valence-electron chi connectivity index (χ1n) is 15.3. The van der Waals surface area contributed by atoms with Crippen LogP contribution in [0.2, 0.25) is 0 Å². The van der Waals surface area contributed by atoms with Crippen LogP contribution in [0.3, 0.4) is 0 Å². The van der Waals surface area contributed by atoms with Crippen LogP contribution in [-0.2, 0) is 18.3 Å². The molecule has 4 aromatic heterocycles. The molecule has 0 aliphatic heterocycles. The standard InChI is InChI=1S/C29H37F2N8O8PS/c1-3-45-20-6-4-19(5-7-20)39-12-22(26(37-39)25-21(30)8-9-24(31)36-25)34-27(42)23-13-49-28(35-23)18-10-33-38(11-18)17(2)47-48(43,44)46-16-29(32,14-40)15-41/h8-13,17,19-20,40-41H,3-7,14-16,32H2,1-2H3,(H,34,42)(H,43,44)/t17?,19-,20-. The fraction of sp³-hybridized carbons (Fsp3) is 0.483. The third-order valence-electron chi connectivity index (χ3n) is 7.83. The molecule has 0 aromatic carbocycles. The van der Waals surface area contributed by atoms with Gasteiger partial charge in [-0.2, -0.15) is 14.6 Å². The lowest BCUT2D eigenvalue weighted by molar-refractivity contribution is 0.0260. The molecular weight excluding hydrogens is 689 g/mol. The smallest absolute Gasteiger partial charge is 0.394 e. The van der Waals surface area contributed by atoms with E-state index in [2.05, 4.69) is 25.5 Å². The molecule has 1 aliphatic rings. The van der Waals surface area contributed by atoms with Gasteiger partial charge in [-0.3, -0.25) is 18.5 Å². The van der Waals surface area contributed by atoms with Crippen molar-refractivity contribution in [2.24, 2.45) is 5.73 Å². The largest absolute Gasteiger partial charge is 0.474 e. The van der Waals surface area contributed by atoms with Crippen molar-refractivity contribution >= 4 is 30.8 Å². The molecule has 5 rings (SSSR count). The molecule has 0 radical (unpaired) electrons. The Bertz CT molecular complexity index is 1790. The number of nitrogens with two attached hydrogens (primary N) is 1. The predicted molar refractivity (Wildman–Crippen MR) is 172 cm³/mol. The minimum atomic E-state index is -4.68. The maximum absolute atomic E-state index is 14.8. The molecule has 49 heavy (non-hydrogen) atoms. The SMILES string of the molecule is CCO[C@H]1CC[C@H](n2cc(NC(=O)c3csc(-c4cnn(C(C)OP(=O)(O)OCC(N)(CO)CO)c4)n3)c(-c3nc(F)ccc3F)n2)CC1.